The molecule has 0 amide bonds. The molecule has 11 heteroatoms. The van der Waals surface area contributed by atoms with Crippen molar-refractivity contribution in [1.29, 1.82) is 5.53 Å². The van der Waals surface area contributed by atoms with Crippen molar-refractivity contribution >= 4 is 22.8 Å². The van der Waals surface area contributed by atoms with Crippen molar-refractivity contribution in [1.82, 2.24) is 0 Å². The summed E-state index contributed by atoms with van der Waals surface area (Å²) in [7, 11) is 0. The Morgan fingerprint density at radius 2 is 1.18 bits per heavy atom. The molecule has 1 N–H and O–H groups in total. The van der Waals surface area contributed by atoms with E-state index >= 15 is 0 Å². The summed E-state index contributed by atoms with van der Waals surface area (Å²) in [5, 5.41) is 23.4. The van der Waals surface area contributed by atoms with E-state index in [-0.39, 0.29) is 0 Å². The average Bonchev–Trinajstić information content (AvgIpc) is 2.03. The summed E-state index contributed by atoms with van der Waals surface area (Å²) in [6.07, 6.45) is 0. The predicted molar refractivity (Wildman–Crippen MR) is 31.7 cm³/mol. The van der Waals surface area contributed by atoms with Gasteiger partial charge in [-0.05, 0) is 0 Å². The molecule has 0 spiro atoms. The van der Waals surface area contributed by atoms with Crippen LogP contribution in [0.25, 0.3) is 0 Å². The van der Waals surface area contributed by atoms with Crippen molar-refractivity contribution in [2.75, 3.05) is 0 Å². The Labute approximate surface area is 73.8 Å². The Morgan fingerprint density at radius 1 is 0.727 bits per heavy atom. The van der Waals surface area contributed by atoms with E-state index in [1.54, 1.807) is 0 Å². The van der Waals surface area contributed by atoms with Gasteiger partial charge in [0, 0.05) is 0 Å². The molecule has 0 aliphatic heterocycles. The molecule has 2 radical (unpaired) electrons. The Hall–Kier alpha value is -1.20. The predicted octanol–water partition coefficient (Wildman–Crippen LogP) is 1.30. The van der Waals surface area contributed by atoms with Crippen molar-refractivity contribution in [3.8, 4) is 0 Å². The molecule has 0 aromatic rings. The third-order valence-corrected chi connectivity index (χ3v) is 0.631. The zero-order valence-corrected chi connectivity index (χ0v) is 8.40. The molecule has 0 aliphatic carbocycles. The van der Waals surface area contributed by atoms with Crippen LogP contribution in [0.1, 0.15) is 0 Å². The molecule has 0 rings (SSSR count). The number of rotatable bonds is 4. The Morgan fingerprint density at radius 3 is 1.64 bits per heavy atom. The third-order valence-electron chi connectivity index (χ3n) is 0.336. The van der Waals surface area contributed by atoms with E-state index in [1.807, 2.05) is 0 Å². The monoisotopic (exact) mass is 262 g/mol. The van der Waals surface area contributed by atoms with Crippen LogP contribution in [0.3, 0.4) is 0 Å². The van der Waals surface area contributed by atoms with E-state index in [0.717, 1.165) is 0 Å². The second-order valence-electron chi connectivity index (χ2n) is 0.842. The summed E-state index contributed by atoms with van der Waals surface area (Å²) in [5.41, 5.74) is 6.13. The molecule has 56 valence electrons. The van der Waals surface area contributed by atoms with Crippen molar-refractivity contribution in [3.05, 3.63) is 0 Å². The van der Waals surface area contributed by atoms with Crippen LogP contribution in [0.5, 0.6) is 0 Å². The van der Waals surface area contributed by atoms with Crippen LogP contribution in [-0.2, 0) is 0 Å². The van der Waals surface area contributed by atoms with Crippen molar-refractivity contribution in [2.45, 2.75) is 0 Å². The van der Waals surface area contributed by atoms with E-state index in [4.69, 9.17) is 5.53 Å². The van der Waals surface area contributed by atoms with Crippen LogP contribution in [0.2, 0.25) is 0 Å². The minimum atomic E-state index is 0.615. The van der Waals surface area contributed by atoms with Crippen molar-refractivity contribution < 1.29 is 0 Å². The second-order valence-corrected chi connectivity index (χ2v) is 1.50. The fourth-order valence-corrected chi connectivity index (χ4v) is 0.264. The van der Waals surface area contributed by atoms with Gasteiger partial charge in [0.1, 0.15) is 0 Å². The van der Waals surface area contributed by atoms with Gasteiger partial charge < -0.3 is 0 Å². The van der Waals surface area contributed by atoms with E-state index in [1.165, 1.54) is 0 Å². The summed E-state index contributed by atoms with van der Waals surface area (Å²) in [5.74, 6) is 0. The summed E-state index contributed by atoms with van der Waals surface area (Å²) in [6.45, 7) is 0. The summed E-state index contributed by atoms with van der Waals surface area (Å²) in [6, 6.07) is 0. The molecule has 0 bridgehead atoms. The molecule has 0 aliphatic rings. The van der Waals surface area contributed by atoms with E-state index < -0.39 is 0 Å². The SMILES string of the molecule is N=N/N=N/N=N/N=N/N=[N][SnH]. The standard InChI is InChI=1S/HN10.Sn.H/c1-3-5-7-9-10-8-6-4-2;;/h1H;;/q-1;+1;/b3-1?,7-5+,8-6+,10-9+;;. The number of hydrogen-bond acceptors (Lipinski definition) is 2. The molecular weight excluding hydrogens is 259 g/mol. The minimum absolute atomic E-state index is 0.615. The van der Waals surface area contributed by atoms with Gasteiger partial charge in [0.15, 0.2) is 0 Å². The molecule has 0 aromatic carbocycles. The summed E-state index contributed by atoms with van der Waals surface area (Å²) in [4.78, 5) is 0. The average molecular weight is 261 g/mol. The molecule has 0 fully saturated rings. The molecule has 0 atom stereocenters. The fourth-order valence-electron chi connectivity index (χ4n) is 0.133. The van der Waals surface area contributed by atoms with Gasteiger partial charge in [-0.15, -0.1) is 0 Å². The third kappa shape index (κ3) is 8.80. The van der Waals surface area contributed by atoms with Crippen LogP contribution in [0.15, 0.2) is 45.1 Å². The second kappa shape index (κ2) is 8.80. The van der Waals surface area contributed by atoms with Gasteiger partial charge in [-0.3, -0.25) is 0 Å². The molecule has 0 unspecified atom stereocenters. The van der Waals surface area contributed by atoms with Gasteiger partial charge in [-0.25, -0.2) is 0 Å². The zero-order valence-electron chi connectivity index (χ0n) is 5.10. The molecule has 0 saturated carbocycles. The van der Waals surface area contributed by atoms with Gasteiger partial charge in [0.2, 0.25) is 0 Å². The first-order valence-corrected chi connectivity index (χ1v) is 3.56. The van der Waals surface area contributed by atoms with Crippen LogP contribution >= 0.6 is 0 Å². The van der Waals surface area contributed by atoms with Crippen LogP contribution in [0, 0.1) is 5.53 Å². The zero-order chi connectivity index (χ0) is 8.36. The normalized spacial score (nSPS) is 12.8. The van der Waals surface area contributed by atoms with Gasteiger partial charge >= 0.3 is 73.5 Å². The number of nitrogens with one attached hydrogen (secondary N) is 1. The first kappa shape index (κ1) is 9.80. The van der Waals surface area contributed by atoms with E-state index in [0.29, 0.717) is 22.8 Å². The Kier molecular flexibility index (Phi) is 7.84. The molecule has 11 heavy (non-hydrogen) atoms. The first-order chi connectivity index (χ1) is 5.41. The van der Waals surface area contributed by atoms with E-state index in [9.17, 15) is 0 Å². The van der Waals surface area contributed by atoms with E-state index in [2.05, 4.69) is 45.1 Å². The summed E-state index contributed by atoms with van der Waals surface area (Å²) >= 11 is 0.615. The van der Waals surface area contributed by atoms with Crippen molar-refractivity contribution in [2.24, 2.45) is 45.1 Å². The Balaban J connectivity index is 3.59. The quantitative estimate of drug-likeness (QED) is 0.443. The first-order valence-electron chi connectivity index (χ1n) is 2.08. The van der Waals surface area contributed by atoms with Crippen LogP contribution in [-0.4, -0.2) is 22.8 Å². The molecule has 0 aromatic heterocycles. The van der Waals surface area contributed by atoms with Crippen LogP contribution < -0.4 is 0 Å². The Bertz CT molecular complexity index is 195. The topological polar surface area (TPSA) is 135 Å². The van der Waals surface area contributed by atoms with Gasteiger partial charge in [0.05, 0.1) is 0 Å². The molecule has 10 nitrogen and oxygen atoms in total. The van der Waals surface area contributed by atoms with Crippen LogP contribution in [0.4, 0.5) is 0 Å². The number of nitrogens with zero attached hydrogens (tertiary/aromatic N) is 9. The molecule has 0 saturated heterocycles. The summed E-state index contributed by atoms with van der Waals surface area (Å²) < 4.78 is 3.36. The van der Waals surface area contributed by atoms with Gasteiger partial charge in [-0.2, -0.15) is 0 Å². The fraction of sp³-hybridized carbons (Fsp3) is 0. The number of hydrogen-bond donors (Lipinski definition) is 1. The van der Waals surface area contributed by atoms with Gasteiger partial charge in [0.25, 0.3) is 0 Å². The van der Waals surface area contributed by atoms with Crippen molar-refractivity contribution in [3.63, 3.8) is 0 Å². The molecular formula is H2N10Sn. The maximum atomic E-state index is 6.13. The van der Waals surface area contributed by atoms with Gasteiger partial charge in [-0.1, -0.05) is 0 Å². The maximum absolute atomic E-state index is 6.13. The molecule has 0 heterocycles.